The van der Waals surface area contributed by atoms with Crippen LogP contribution in [-0.2, 0) is 47.0 Å². The summed E-state index contributed by atoms with van der Waals surface area (Å²) in [6, 6.07) is -1.53. The standard InChI is InChI=1S/C15H29N2O3.Y/c1-9(16)13(19)20-10(2)11(17-15(6,7)8)12(18)14(3,4)5;/h9-11,16-17H,1-8H3;/q-1;. The Balaban J connectivity index is 0. The molecule has 1 radical (unpaired) electrons. The molecule has 0 fully saturated rings. The van der Waals surface area contributed by atoms with E-state index in [0.29, 0.717) is 0 Å². The molecule has 2 N–H and O–H groups in total. The summed E-state index contributed by atoms with van der Waals surface area (Å²) >= 11 is 0. The van der Waals surface area contributed by atoms with Crippen molar-refractivity contribution in [3.8, 4) is 0 Å². The number of Topliss-reactive ketones (excluding diaryl/α,β-unsaturated/α-hetero) is 1. The van der Waals surface area contributed by atoms with Crippen LogP contribution in [0.3, 0.4) is 0 Å². The average molecular weight is 374 g/mol. The second kappa shape index (κ2) is 8.71. The first kappa shape index (κ1) is 23.4. The molecular weight excluding hydrogens is 345 g/mol. The Morgan fingerprint density at radius 2 is 1.48 bits per heavy atom. The van der Waals surface area contributed by atoms with Crippen molar-refractivity contribution in [1.29, 1.82) is 0 Å². The summed E-state index contributed by atoms with van der Waals surface area (Å²) in [4.78, 5) is 24.1. The van der Waals surface area contributed by atoms with Crippen LogP contribution in [0.2, 0.25) is 0 Å². The molecule has 3 atom stereocenters. The fraction of sp³-hybridized carbons (Fsp3) is 0.867. The van der Waals surface area contributed by atoms with Crippen LogP contribution in [0.1, 0.15) is 55.4 Å². The van der Waals surface area contributed by atoms with E-state index < -0.39 is 29.6 Å². The number of ketones is 1. The van der Waals surface area contributed by atoms with Gasteiger partial charge in [-0.2, -0.15) is 0 Å². The van der Waals surface area contributed by atoms with Gasteiger partial charge in [0, 0.05) is 43.7 Å². The third kappa shape index (κ3) is 9.02. The summed E-state index contributed by atoms with van der Waals surface area (Å²) in [7, 11) is 0. The van der Waals surface area contributed by atoms with Crippen LogP contribution < -0.4 is 5.32 Å². The molecule has 0 aliphatic heterocycles. The Labute approximate surface area is 154 Å². The van der Waals surface area contributed by atoms with E-state index >= 15 is 0 Å². The van der Waals surface area contributed by atoms with Gasteiger partial charge in [0.1, 0.15) is 12.1 Å². The van der Waals surface area contributed by atoms with Crippen molar-refractivity contribution in [3.05, 3.63) is 5.73 Å². The van der Waals surface area contributed by atoms with Gasteiger partial charge in [-0.15, -0.1) is 0 Å². The molecule has 0 heterocycles. The first-order chi connectivity index (χ1) is 8.75. The summed E-state index contributed by atoms with van der Waals surface area (Å²) in [5, 5.41) is 3.22. The van der Waals surface area contributed by atoms with E-state index in [0.717, 1.165) is 0 Å². The molecule has 121 valence electrons. The fourth-order valence-electron chi connectivity index (χ4n) is 1.68. The molecule has 0 aromatic heterocycles. The van der Waals surface area contributed by atoms with E-state index in [9.17, 15) is 9.59 Å². The van der Waals surface area contributed by atoms with E-state index in [1.165, 1.54) is 6.92 Å². The average Bonchev–Trinajstić information content (AvgIpc) is 2.21. The van der Waals surface area contributed by atoms with Crippen molar-refractivity contribution in [3.63, 3.8) is 0 Å². The monoisotopic (exact) mass is 374 g/mol. The van der Waals surface area contributed by atoms with Gasteiger partial charge >= 0.3 is 0 Å². The molecule has 0 amide bonds. The Kier molecular flexibility index (Phi) is 9.71. The summed E-state index contributed by atoms with van der Waals surface area (Å²) < 4.78 is 5.23. The third-order valence-electron chi connectivity index (χ3n) is 2.74. The number of rotatable bonds is 5. The Bertz CT molecular complexity index is 357. The fourth-order valence-corrected chi connectivity index (χ4v) is 1.68. The van der Waals surface area contributed by atoms with Crippen LogP contribution in [0.4, 0.5) is 0 Å². The molecule has 0 saturated heterocycles. The quantitative estimate of drug-likeness (QED) is 0.751. The normalized spacial score (nSPS) is 16.4. The first-order valence-electron chi connectivity index (χ1n) is 6.99. The largest absolute Gasteiger partial charge is 0.666 e. The number of carbonyl (C=O) groups is 2. The maximum atomic E-state index is 12.5. The molecule has 0 spiro atoms. The second-order valence-corrected chi connectivity index (χ2v) is 7.35. The Hall–Kier alpha value is 0.164. The molecule has 0 aromatic carbocycles. The van der Waals surface area contributed by atoms with E-state index in [4.69, 9.17) is 10.5 Å². The molecular formula is C15H29N2O3Y-. The SMILES string of the molecule is CC([NH-])C(=O)OC(C)C(NC(C)(C)C)C(=O)C(C)(C)C.[Y]. The third-order valence-corrected chi connectivity index (χ3v) is 2.74. The van der Waals surface area contributed by atoms with Crippen LogP contribution in [0.15, 0.2) is 0 Å². The topological polar surface area (TPSA) is 79.2 Å². The van der Waals surface area contributed by atoms with Crippen molar-refractivity contribution in [2.24, 2.45) is 5.41 Å². The first-order valence-corrected chi connectivity index (χ1v) is 6.99. The predicted octanol–water partition coefficient (Wildman–Crippen LogP) is 2.73. The van der Waals surface area contributed by atoms with Gasteiger partial charge in [0.05, 0.1) is 0 Å². The molecule has 0 rings (SSSR count). The molecule has 0 aliphatic rings. The van der Waals surface area contributed by atoms with Gasteiger partial charge in [0.25, 0.3) is 5.97 Å². The number of nitrogens with one attached hydrogen (secondary N) is 2. The number of esters is 1. The smallest absolute Gasteiger partial charge is 0.287 e. The van der Waals surface area contributed by atoms with Crippen LogP contribution in [0.5, 0.6) is 0 Å². The predicted molar refractivity (Wildman–Crippen MR) is 80.5 cm³/mol. The molecule has 21 heavy (non-hydrogen) atoms. The van der Waals surface area contributed by atoms with Crippen molar-refractivity contribution < 1.29 is 47.0 Å². The minimum atomic E-state index is -0.947. The summed E-state index contributed by atoms with van der Waals surface area (Å²) in [6.07, 6.45) is -0.610. The second-order valence-electron chi connectivity index (χ2n) is 7.35. The zero-order chi connectivity index (χ0) is 16.3. The summed E-state index contributed by atoms with van der Waals surface area (Å²) in [6.45, 7) is 14.5. The van der Waals surface area contributed by atoms with Gasteiger partial charge < -0.3 is 10.5 Å². The summed E-state index contributed by atoms with van der Waals surface area (Å²) in [5.74, 6) is -0.620. The number of hydrogen-bond donors (Lipinski definition) is 1. The van der Waals surface area contributed by atoms with Crippen molar-refractivity contribution >= 4 is 11.8 Å². The minimum Gasteiger partial charge on any atom is -0.666 e. The van der Waals surface area contributed by atoms with Crippen LogP contribution >= 0.6 is 0 Å². The maximum Gasteiger partial charge on any atom is 0.287 e. The van der Waals surface area contributed by atoms with Crippen LogP contribution in [-0.4, -0.2) is 35.5 Å². The number of ether oxygens (including phenoxy) is 1. The maximum absolute atomic E-state index is 12.5. The van der Waals surface area contributed by atoms with Crippen molar-refractivity contribution in [1.82, 2.24) is 5.32 Å². The van der Waals surface area contributed by atoms with Gasteiger partial charge in [-0.1, -0.05) is 27.7 Å². The molecule has 0 saturated carbocycles. The van der Waals surface area contributed by atoms with Gasteiger partial charge in [-0.25, -0.2) is 0 Å². The minimum absolute atomic E-state index is 0. The molecule has 5 nitrogen and oxygen atoms in total. The van der Waals surface area contributed by atoms with Gasteiger partial charge in [-0.05, 0) is 33.7 Å². The zero-order valence-electron chi connectivity index (χ0n) is 14.5. The van der Waals surface area contributed by atoms with E-state index in [-0.39, 0.29) is 44.0 Å². The molecule has 0 bridgehead atoms. The molecule has 3 unspecified atom stereocenters. The van der Waals surface area contributed by atoms with E-state index in [1.54, 1.807) is 6.92 Å². The van der Waals surface area contributed by atoms with Crippen LogP contribution in [0, 0.1) is 5.41 Å². The molecule has 0 aliphatic carbocycles. The van der Waals surface area contributed by atoms with E-state index in [2.05, 4.69) is 5.32 Å². The molecule has 0 aromatic rings. The van der Waals surface area contributed by atoms with Crippen LogP contribution in [0.25, 0.3) is 5.73 Å². The van der Waals surface area contributed by atoms with Gasteiger partial charge in [0.2, 0.25) is 0 Å². The Morgan fingerprint density at radius 3 is 1.76 bits per heavy atom. The molecule has 6 heteroatoms. The number of hydrogen-bond acceptors (Lipinski definition) is 4. The van der Waals surface area contributed by atoms with Gasteiger partial charge in [0.15, 0.2) is 5.78 Å². The van der Waals surface area contributed by atoms with Crippen molar-refractivity contribution in [2.45, 2.75) is 79.1 Å². The Morgan fingerprint density at radius 1 is 1.05 bits per heavy atom. The summed E-state index contributed by atoms with van der Waals surface area (Å²) in [5.41, 5.74) is 6.54. The zero-order valence-corrected chi connectivity index (χ0v) is 17.4. The van der Waals surface area contributed by atoms with Crippen molar-refractivity contribution in [2.75, 3.05) is 0 Å². The van der Waals surface area contributed by atoms with Gasteiger partial charge in [-0.3, -0.25) is 14.9 Å². The number of carbonyl (C=O) groups excluding carboxylic acids is 2. The van der Waals surface area contributed by atoms with E-state index in [1.807, 2.05) is 41.5 Å².